The third kappa shape index (κ3) is 1.49. The van der Waals surface area contributed by atoms with Crippen LogP contribution >= 0.6 is 0 Å². The van der Waals surface area contributed by atoms with Gasteiger partial charge in [0.2, 0.25) is 0 Å². The minimum atomic E-state index is 0.666. The molecular formula is C8H14N2. The Labute approximate surface area is 61.5 Å². The maximum absolute atomic E-state index is 5.71. The van der Waals surface area contributed by atoms with Crippen LogP contribution in [0.2, 0.25) is 0 Å². The van der Waals surface area contributed by atoms with Gasteiger partial charge in [-0.05, 0) is 31.6 Å². The lowest BCUT2D eigenvalue weighted by Crippen LogP contribution is -2.14. The van der Waals surface area contributed by atoms with E-state index in [0.29, 0.717) is 5.92 Å². The summed E-state index contributed by atoms with van der Waals surface area (Å²) in [5, 5.41) is 0. The highest BCUT2D eigenvalue weighted by atomic mass is 14.9. The van der Waals surface area contributed by atoms with Crippen LogP contribution in [0.25, 0.3) is 0 Å². The van der Waals surface area contributed by atoms with Crippen molar-refractivity contribution in [2.45, 2.75) is 25.7 Å². The van der Waals surface area contributed by atoms with E-state index in [1.807, 2.05) is 0 Å². The predicted octanol–water partition coefficient (Wildman–Crippen LogP) is 1.16. The standard InChI is InChI=1S/C8H14N2/c9-8(7-3-4-7)10-5-6-1-2-6/h6-7H,1-5H2,(H2,9,10). The van der Waals surface area contributed by atoms with Crippen molar-refractivity contribution >= 4 is 5.84 Å². The van der Waals surface area contributed by atoms with Crippen molar-refractivity contribution in [1.82, 2.24) is 0 Å². The monoisotopic (exact) mass is 138 g/mol. The molecule has 2 nitrogen and oxygen atoms in total. The van der Waals surface area contributed by atoms with Gasteiger partial charge < -0.3 is 5.73 Å². The van der Waals surface area contributed by atoms with Crippen LogP contribution in [0, 0.1) is 11.8 Å². The van der Waals surface area contributed by atoms with Gasteiger partial charge in [0.15, 0.2) is 0 Å². The van der Waals surface area contributed by atoms with E-state index in [1.165, 1.54) is 25.7 Å². The van der Waals surface area contributed by atoms with Gasteiger partial charge in [-0.15, -0.1) is 0 Å². The Morgan fingerprint density at radius 1 is 1.30 bits per heavy atom. The molecule has 0 saturated heterocycles. The lowest BCUT2D eigenvalue weighted by atomic mass is 10.4. The highest BCUT2D eigenvalue weighted by molar-refractivity contribution is 5.84. The van der Waals surface area contributed by atoms with E-state index in [-0.39, 0.29) is 0 Å². The number of amidine groups is 1. The highest BCUT2D eigenvalue weighted by Crippen LogP contribution is 2.31. The summed E-state index contributed by atoms with van der Waals surface area (Å²) in [4.78, 5) is 4.34. The topological polar surface area (TPSA) is 38.4 Å². The average Bonchev–Trinajstić information content (AvgIpc) is 2.76. The molecule has 2 fully saturated rings. The molecule has 0 unspecified atom stereocenters. The molecule has 56 valence electrons. The quantitative estimate of drug-likeness (QED) is 0.461. The van der Waals surface area contributed by atoms with Gasteiger partial charge >= 0.3 is 0 Å². The molecule has 2 heteroatoms. The molecule has 0 aromatic heterocycles. The molecule has 0 spiro atoms. The summed E-state index contributed by atoms with van der Waals surface area (Å²) in [6.07, 6.45) is 5.31. The van der Waals surface area contributed by atoms with Gasteiger partial charge in [-0.3, -0.25) is 4.99 Å². The third-order valence-electron chi connectivity index (χ3n) is 2.22. The number of nitrogens with zero attached hydrogens (tertiary/aromatic N) is 1. The van der Waals surface area contributed by atoms with Crippen molar-refractivity contribution in [2.24, 2.45) is 22.6 Å². The van der Waals surface area contributed by atoms with Crippen LogP contribution in [0.5, 0.6) is 0 Å². The molecule has 0 aliphatic heterocycles. The van der Waals surface area contributed by atoms with E-state index in [4.69, 9.17) is 5.73 Å². The first-order valence-corrected chi connectivity index (χ1v) is 4.16. The van der Waals surface area contributed by atoms with Gasteiger partial charge in [0.1, 0.15) is 0 Å². The van der Waals surface area contributed by atoms with Crippen LogP contribution in [-0.4, -0.2) is 12.4 Å². The Bertz CT molecular complexity index is 155. The lowest BCUT2D eigenvalue weighted by Gasteiger charge is -1.94. The molecule has 2 rings (SSSR count). The van der Waals surface area contributed by atoms with Crippen molar-refractivity contribution < 1.29 is 0 Å². The van der Waals surface area contributed by atoms with Crippen LogP contribution in [0.15, 0.2) is 4.99 Å². The van der Waals surface area contributed by atoms with E-state index >= 15 is 0 Å². The number of nitrogens with two attached hydrogens (primary N) is 1. The van der Waals surface area contributed by atoms with Crippen molar-refractivity contribution in [3.05, 3.63) is 0 Å². The van der Waals surface area contributed by atoms with Crippen LogP contribution < -0.4 is 5.73 Å². The molecule has 0 radical (unpaired) electrons. The molecule has 10 heavy (non-hydrogen) atoms. The first-order chi connectivity index (χ1) is 4.86. The first kappa shape index (κ1) is 6.20. The fraction of sp³-hybridized carbons (Fsp3) is 0.875. The van der Waals surface area contributed by atoms with E-state index in [2.05, 4.69) is 4.99 Å². The maximum atomic E-state index is 5.71. The minimum absolute atomic E-state index is 0.666. The Hall–Kier alpha value is -0.530. The molecule has 0 amide bonds. The fourth-order valence-electron chi connectivity index (χ4n) is 1.04. The van der Waals surface area contributed by atoms with E-state index in [9.17, 15) is 0 Å². The lowest BCUT2D eigenvalue weighted by molar-refractivity contribution is 0.839. The Morgan fingerprint density at radius 3 is 2.50 bits per heavy atom. The molecule has 0 heterocycles. The summed E-state index contributed by atoms with van der Waals surface area (Å²) in [5.41, 5.74) is 5.71. The molecule has 0 aromatic rings. The van der Waals surface area contributed by atoms with Gasteiger partial charge in [0.05, 0.1) is 5.84 Å². The Balaban J connectivity index is 1.76. The van der Waals surface area contributed by atoms with E-state index in [1.54, 1.807) is 0 Å². The summed E-state index contributed by atoms with van der Waals surface area (Å²) >= 11 is 0. The van der Waals surface area contributed by atoms with E-state index in [0.717, 1.165) is 18.3 Å². The van der Waals surface area contributed by atoms with Crippen molar-refractivity contribution in [3.8, 4) is 0 Å². The van der Waals surface area contributed by atoms with Crippen molar-refractivity contribution in [3.63, 3.8) is 0 Å². The number of hydrogen-bond acceptors (Lipinski definition) is 1. The predicted molar refractivity (Wildman–Crippen MR) is 41.9 cm³/mol. The van der Waals surface area contributed by atoms with Crippen molar-refractivity contribution in [1.29, 1.82) is 0 Å². The number of aliphatic imine (C=N–C) groups is 1. The normalized spacial score (nSPS) is 27.0. The smallest absolute Gasteiger partial charge is 0.0968 e. The fourth-order valence-corrected chi connectivity index (χ4v) is 1.04. The molecule has 0 atom stereocenters. The zero-order valence-corrected chi connectivity index (χ0v) is 6.21. The Kier molecular flexibility index (Phi) is 1.40. The second-order valence-electron chi connectivity index (χ2n) is 3.48. The van der Waals surface area contributed by atoms with Crippen LogP contribution in [0.4, 0.5) is 0 Å². The maximum Gasteiger partial charge on any atom is 0.0968 e. The molecule has 2 saturated carbocycles. The summed E-state index contributed by atoms with van der Waals surface area (Å²) in [7, 11) is 0. The second kappa shape index (κ2) is 2.26. The first-order valence-electron chi connectivity index (χ1n) is 4.16. The zero-order valence-electron chi connectivity index (χ0n) is 6.21. The summed E-state index contributed by atoms with van der Waals surface area (Å²) in [5.74, 6) is 2.47. The third-order valence-corrected chi connectivity index (χ3v) is 2.22. The summed E-state index contributed by atoms with van der Waals surface area (Å²) in [6, 6.07) is 0. The van der Waals surface area contributed by atoms with E-state index < -0.39 is 0 Å². The van der Waals surface area contributed by atoms with Gasteiger partial charge in [-0.2, -0.15) is 0 Å². The molecule has 0 bridgehead atoms. The molecule has 0 aromatic carbocycles. The Morgan fingerprint density at radius 2 is 2.00 bits per heavy atom. The van der Waals surface area contributed by atoms with Gasteiger partial charge in [0.25, 0.3) is 0 Å². The number of hydrogen-bond donors (Lipinski definition) is 1. The van der Waals surface area contributed by atoms with Crippen LogP contribution in [0.1, 0.15) is 25.7 Å². The average molecular weight is 138 g/mol. The minimum Gasteiger partial charge on any atom is -0.387 e. The highest BCUT2D eigenvalue weighted by Gasteiger charge is 2.26. The van der Waals surface area contributed by atoms with Crippen molar-refractivity contribution in [2.75, 3.05) is 6.54 Å². The largest absolute Gasteiger partial charge is 0.387 e. The van der Waals surface area contributed by atoms with Gasteiger partial charge in [-0.1, -0.05) is 0 Å². The summed E-state index contributed by atoms with van der Waals surface area (Å²) < 4.78 is 0. The molecule has 2 aliphatic rings. The molecular weight excluding hydrogens is 124 g/mol. The zero-order chi connectivity index (χ0) is 6.97. The van der Waals surface area contributed by atoms with Gasteiger partial charge in [0, 0.05) is 12.5 Å². The van der Waals surface area contributed by atoms with Crippen LogP contribution in [0.3, 0.4) is 0 Å². The molecule has 2 N–H and O–H groups in total. The number of rotatable bonds is 3. The van der Waals surface area contributed by atoms with Crippen LogP contribution in [-0.2, 0) is 0 Å². The SMILES string of the molecule is NC(=NCC1CC1)C1CC1. The molecule has 2 aliphatic carbocycles. The second-order valence-corrected chi connectivity index (χ2v) is 3.48. The van der Waals surface area contributed by atoms with Gasteiger partial charge in [-0.25, -0.2) is 0 Å². The summed E-state index contributed by atoms with van der Waals surface area (Å²) in [6.45, 7) is 1.00.